The Kier molecular flexibility index (Phi) is 5.08. The number of hydrogen-bond donors (Lipinski definition) is 3. The van der Waals surface area contributed by atoms with E-state index >= 15 is 0 Å². The van der Waals surface area contributed by atoms with Gasteiger partial charge in [-0.3, -0.25) is 4.79 Å². The number of nitrogens with zero attached hydrogens (tertiary/aromatic N) is 3. The van der Waals surface area contributed by atoms with Gasteiger partial charge in [-0.1, -0.05) is 29.3 Å². The molecule has 0 atom stereocenters. The molecule has 0 aliphatic rings. The van der Waals surface area contributed by atoms with Crippen molar-refractivity contribution < 1.29 is 4.79 Å². The molecule has 3 heterocycles. The number of para-hydroxylation sites is 1. The van der Waals surface area contributed by atoms with E-state index in [0.29, 0.717) is 38.5 Å². The molecule has 0 bridgehead atoms. The number of aromatic amines is 1. The lowest BCUT2D eigenvalue weighted by Gasteiger charge is -2.07. The first-order valence-corrected chi connectivity index (χ1v) is 9.48. The molecule has 1 amide bonds. The average Bonchev–Trinajstić information content (AvgIpc) is 3.05. The highest BCUT2D eigenvalue weighted by Gasteiger charge is 2.13. The number of amides is 1. The molecular weight excluding hydrogens is 411 g/mol. The second-order valence-electron chi connectivity index (χ2n) is 6.52. The Morgan fingerprint density at radius 3 is 2.55 bits per heavy atom. The molecule has 0 fully saturated rings. The molecule has 0 saturated heterocycles. The number of fused-ring (bicyclic) bond motifs is 1. The van der Waals surface area contributed by atoms with E-state index < -0.39 is 0 Å². The molecule has 1 aromatic carbocycles. The van der Waals surface area contributed by atoms with E-state index in [2.05, 4.69) is 30.6 Å². The lowest BCUT2D eigenvalue weighted by molar-refractivity contribution is 0.102. The molecule has 3 N–H and O–H groups in total. The van der Waals surface area contributed by atoms with Crippen LogP contribution >= 0.6 is 23.2 Å². The molecule has 29 heavy (non-hydrogen) atoms. The monoisotopic (exact) mass is 426 g/mol. The van der Waals surface area contributed by atoms with E-state index in [-0.39, 0.29) is 11.6 Å². The third-order valence-corrected chi connectivity index (χ3v) is 4.78. The zero-order valence-corrected chi connectivity index (χ0v) is 17.1. The number of anilines is 3. The number of hydrogen-bond acceptors (Lipinski definition) is 5. The molecule has 146 valence electrons. The zero-order valence-electron chi connectivity index (χ0n) is 15.5. The summed E-state index contributed by atoms with van der Waals surface area (Å²) in [6.07, 6.45) is 1.52. The van der Waals surface area contributed by atoms with Crippen molar-refractivity contribution in [1.29, 1.82) is 0 Å². The Morgan fingerprint density at radius 1 is 1.07 bits per heavy atom. The number of halogens is 2. The van der Waals surface area contributed by atoms with Gasteiger partial charge in [-0.15, -0.1) is 0 Å². The fraction of sp³-hybridized carbons (Fsp3) is 0.100. The standard InChI is InChI=1S/C20H16Cl2N6O/c1-10-6-11(2)24-17(7-10)27-19(29)15-8-14-16(9-23-15)26-20(25-14)28-18-12(21)4-3-5-13(18)22/h3-9H,1-2H3,(H,24,27,29)(H2,25,26,28). The molecule has 0 saturated carbocycles. The van der Waals surface area contributed by atoms with Gasteiger partial charge in [0.1, 0.15) is 17.0 Å². The van der Waals surface area contributed by atoms with Crippen molar-refractivity contribution in [3.8, 4) is 0 Å². The number of aromatic nitrogens is 4. The summed E-state index contributed by atoms with van der Waals surface area (Å²) in [6, 6.07) is 10.6. The maximum absolute atomic E-state index is 12.6. The van der Waals surface area contributed by atoms with Crippen molar-refractivity contribution in [1.82, 2.24) is 19.9 Å². The van der Waals surface area contributed by atoms with E-state index in [1.165, 1.54) is 6.20 Å². The molecule has 0 radical (unpaired) electrons. The minimum Gasteiger partial charge on any atom is -0.324 e. The summed E-state index contributed by atoms with van der Waals surface area (Å²) in [5, 5.41) is 6.77. The van der Waals surface area contributed by atoms with Crippen LogP contribution in [0.4, 0.5) is 17.5 Å². The molecule has 4 aromatic rings. The minimum atomic E-state index is -0.359. The van der Waals surface area contributed by atoms with Crippen molar-refractivity contribution in [2.45, 2.75) is 13.8 Å². The van der Waals surface area contributed by atoms with Crippen LogP contribution in [0.15, 0.2) is 42.6 Å². The van der Waals surface area contributed by atoms with Gasteiger partial charge in [-0.2, -0.15) is 0 Å². The van der Waals surface area contributed by atoms with Gasteiger partial charge >= 0.3 is 0 Å². The van der Waals surface area contributed by atoms with Crippen LogP contribution in [0.2, 0.25) is 10.0 Å². The SMILES string of the molecule is Cc1cc(C)nc(NC(=O)c2cc3[nH]c(Nc4c(Cl)cccc4Cl)nc3cn2)c1. The molecule has 9 heteroatoms. The van der Waals surface area contributed by atoms with Gasteiger partial charge in [0, 0.05) is 5.69 Å². The van der Waals surface area contributed by atoms with Crippen molar-refractivity contribution in [3.63, 3.8) is 0 Å². The van der Waals surface area contributed by atoms with Crippen LogP contribution in [0, 0.1) is 13.8 Å². The summed E-state index contributed by atoms with van der Waals surface area (Å²) >= 11 is 12.4. The molecule has 4 rings (SSSR count). The summed E-state index contributed by atoms with van der Waals surface area (Å²) in [6.45, 7) is 3.82. The highest BCUT2D eigenvalue weighted by molar-refractivity contribution is 6.39. The van der Waals surface area contributed by atoms with E-state index in [1.54, 1.807) is 30.3 Å². The largest absolute Gasteiger partial charge is 0.324 e. The Labute approximate surface area is 176 Å². The van der Waals surface area contributed by atoms with Crippen LogP contribution in [0.1, 0.15) is 21.7 Å². The van der Waals surface area contributed by atoms with E-state index in [1.807, 2.05) is 19.9 Å². The van der Waals surface area contributed by atoms with Gasteiger partial charge in [-0.05, 0) is 49.7 Å². The molecule has 0 unspecified atom stereocenters. The molecule has 0 aliphatic carbocycles. The Hall–Kier alpha value is -3.16. The normalized spacial score (nSPS) is 10.9. The predicted octanol–water partition coefficient (Wildman–Crippen LogP) is 5.27. The van der Waals surface area contributed by atoms with Crippen LogP contribution < -0.4 is 10.6 Å². The van der Waals surface area contributed by atoms with Crippen LogP contribution in [0.25, 0.3) is 11.0 Å². The number of nitrogens with one attached hydrogen (secondary N) is 3. The lowest BCUT2D eigenvalue weighted by Crippen LogP contribution is -2.14. The second kappa shape index (κ2) is 7.69. The summed E-state index contributed by atoms with van der Waals surface area (Å²) < 4.78 is 0. The van der Waals surface area contributed by atoms with Gasteiger partial charge in [0.2, 0.25) is 5.95 Å². The maximum atomic E-state index is 12.6. The van der Waals surface area contributed by atoms with Crippen molar-refractivity contribution in [2.24, 2.45) is 0 Å². The average molecular weight is 427 g/mol. The van der Waals surface area contributed by atoms with E-state index in [9.17, 15) is 4.79 Å². The molecule has 0 aliphatic heterocycles. The predicted molar refractivity (Wildman–Crippen MR) is 115 cm³/mol. The summed E-state index contributed by atoms with van der Waals surface area (Å²) in [5.74, 6) is 0.558. The Bertz CT molecular complexity index is 1200. The van der Waals surface area contributed by atoms with Crippen LogP contribution in [0.5, 0.6) is 0 Å². The van der Waals surface area contributed by atoms with Crippen molar-refractivity contribution >= 4 is 57.6 Å². The van der Waals surface area contributed by atoms with E-state index in [4.69, 9.17) is 23.2 Å². The third kappa shape index (κ3) is 4.16. The Morgan fingerprint density at radius 2 is 1.83 bits per heavy atom. The van der Waals surface area contributed by atoms with Crippen LogP contribution in [0.3, 0.4) is 0 Å². The first-order chi connectivity index (χ1) is 13.9. The maximum Gasteiger partial charge on any atom is 0.275 e. The summed E-state index contributed by atoms with van der Waals surface area (Å²) in [5.41, 5.74) is 3.86. The van der Waals surface area contributed by atoms with E-state index in [0.717, 1.165) is 11.3 Å². The highest BCUT2D eigenvalue weighted by Crippen LogP contribution is 2.32. The number of imidazole rings is 1. The van der Waals surface area contributed by atoms with Crippen LogP contribution in [-0.4, -0.2) is 25.8 Å². The second-order valence-corrected chi connectivity index (χ2v) is 7.33. The van der Waals surface area contributed by atoms with Gasteiger partial charge in [-0.25, -0.2) is 15.0 Å². The minimum absolute atomic E-state index is 0.240. The fourth-order valence-electron chi connectivity index (χ4n) is 2.92. The molecule has 3 aromatic heterocycles. The van der Waals surface area contributed by atoms with Crippen molar-refractivity contribution in [3.05, 3.63) is 69.6 Å². The number of aryl methyl sites for hydroxylation is 2. The quantitative estimate of drug-likeness (QED) is 0.412. The lowest BCUT2D eigenvalue weighted by atomic mass is 10.2. The van der Waals surface area contributed by atoms with Crippen LogP contribution in [-0.2, 0) is 0 Å². The highest BCUT2D eigenvalue weighted by atomic mass is 35.5. The number of pyridine rings is 2. The van der Waals surface area contributed by atoms with Gasteiger partial charge in [0.15, 0.2) is 0 Å². The Balaban J connectivity index is 1.59. The summed E-state index contributed by atoms with van der Waals surface area (Å²) in [7, 11) is 0. The van der Waals surface area contributed by atoms with Gasteiger partial charge < -0.3 is 15.6 Å². The summed E-state index contributed by atoms with van der Waals surface area (Å²) in [4.78, 5) is 28.6. The number of benzene rings is 1. The number of carbonyl (C=O) groups is 1. The number of H-pyrrole nitrogens is 1. The molecule has 0 spiro atoms. The topological polar surface area (TPSA) is 95.6 Å². The number of carbonyl (C=O) groups excluding carboxylic acids is 1. The third-order valence-electron chi connectivity index (χ3n) is 4.15. The molecular formula is C20H16Cl2N6O. The van der Waals surface area contributed by atoms with Gasteiger partial charge in [0.05, 0.1) is 27.4 Å². The fourth-order valence-corrected chi connectivity index (χ4v) is 3.41. The molecule has 7 nitrogen and oxygen atoms in total. The first kappa shape index (κ1) is 19.2. The first-order valence-electron chi connectivity index (χ1n) is 8.72. The smallest absolute Gasteiger partial charge is 0.275 e. The zero-order chi connectivity index (χ0) is 20.5. The number of rotatable bonds is 4. The van der Waals surface area contributed by atoms with Gasteiger partial charge in [0.25, 0.3) is 5.91 Å². The van der Waals surface area contributed by atoms with Crippen molar-refractivity contribution in [2.75, 3.05) is 10.6 Å².